The lowest BCUT2D eigenvalue weighted by Gasteiger charge is -2.38. The third-order valence-corrected chi connectivity index (χ3v) is 4.61. The van der Waals surface area contributed by atoms with E-state index in [1.54, 1.807) is 31.4 Å². The quantitative estimate of drug-likeness (QED) is 0.908. The van der Waals surface area contributed by atoms with E-state index in [-0.39, 0.29) is 17.7 Å². The normalized spacial score (nSPS) is 27.2. The predicted molar refractivity (Wildman–Crippen MR) is 87.4 cm³/mol. The molecule has 0 radical (unpaired) electrons. The number of aromatic nitrogens is 2. The Morgan fingerprint density at radius 1 is 1.43 bits per heavy atom. The molecule has 7 heteroatoms. The molecule has 2 saturated heterocycles. The summed E-state index contributed by atoms with van der Waals surface area (Å²) in [6, 6.07) is 1.76. The summed E-state index contributed by atoms with van der Waals surface area (Å²) in [6.45, 7) is 2.32. The van der Waals surface area contributed by atoms with Crippen molar-refractivity contribution in [2.45, 2.75) is 37.4 Å². The largest absolute Gasteiger partial charge is 0.368 e. The molecule has 0 unspecified atom stereocenters. The molecule has 126 valence electrons. The maximum absolute atomic E-state index is 11.7. The van der Waals surface area contributed by atoms with Crippen molar-refractivity contribution < 1.29 is 9.53 Å². The van der Waals surface area contributed by atoms with E-state index in [2.05, 4.69) is 20.2 Å². The first-order valence-electron chi connectivity index (χ1n) is 8.23. The van der Waals surface area contributed by atoms with Crippen molar-refractivity contribution in [3.8, 4) is 0 Å². The maximum atomic E-state index is 11.7. The lowest BCUT2D eigenvalue weighted by atomic mass is 9.90. The Morgan fingerprint density at radius 3 is 2.96 bits per heavy atom. The topological polar surface area (TPSA) is 70.6 Å². The fourth-order valence-corrected chi connectivity index (χ4v) is 3.40. The van der Waals surface area contributed by atoms with Gasteiger partial charge in [0.1, 0.15) is 0 Å². The van der Waals surface area contributed by atoms with E-state index in [9.17, 15) is 4.79 Å². The highest BCUT2D eigenvalue weighted by Gasteiger charge is 2.43. The molecule has 2 aliphatic rings. The Balaban J connectivity index is 1.57. The van der Waals surface area contributed by atoms with Crippen LogP contribution in [0.25, 0.3) is 0 Å². The lowest BCUT2D eigenvalue weighted by Crippen LogP contribution is -2.48. The van der Waals surface area contributed by atoms with E-state index in [4.69, 9.17) is 4.74 Å². The van der Waals surface area contributed by atoms with Crippen LogP contribution in [0.15, 0.2) is 18.5 Å². The van der Waals surface area contributed by atoms with Crippen molar-refractivity contribution in [3.05, 3.63) is 18.5 Å². The third-order valence-electron chi connectivity index (χ3n) is 4.61. The highest BCUT2D eigenvalue weighted by Crippen LogP contribution is 2.37. The summed E-state index contributed by atoms with van der Waals surface area (Å²) >= 11 is 0. The van der Waals surface area contributed by atoms with Crippen LogP contribution in [0.4, 0.5) is 10.7 Å². The van der Waals surface area contributed by atoms with Crippen molar-refractivity contribution in [1.82, 2.24) is 20.2 Å². The minimum atomic E-state index is -0.120. The van der Waals surface area contributed by atoms with Gasteiger partial charge in [0.15, 0.2) is 0 Å². The van der Waals surface area contributed by atoms with Gasteiger partial charge in [0.25, 0.3) is 0 Å². The molecule has 7 nitrogen and oxygen atoms in total. The number of anilines is 1. The van der Waals surface area contributed by atoms with Crippen LogP contribution < -0.4 is 10.2 Å². The van der Waals surface area contributed by atoms with Crippen LogP contribution in [0.3, 0.4) is 0 Å². The summed E-state index contributed by atoms with van der Waals surface area (Å²) in [6.07, 6.45) is 7.81. The molecule has 2 fully saturated rings. The highest BCUT2D eigenvalue weighted by atomic mass is 16.5. The summed E-state index contributed by atoms with van der Waals surface area (Å²) in [5.41, 5.74) is -0.120. The first-order chi connectivity index (χ1) is 11.1. The van der Waals surface area contributed by atoms with Crippen LogP contribution in [-0.2, 0) is 4.74 Å². The smallest absolute Gasteiger partial charge is 0.316 e. The van der Waals surface area contributed by atoms with Crippen molar-refractivity contribution in [1.29, 1.82) is 0 Å². The number of carbonyl (C=O) groups is 1. The fourth-order valence-electron chi connectivity index (χ4n) is 3.40. The molecule has 1 spiro atoms. The molecule has 1 aromatic rings. The Kier molecular flexibility index (Phi) is 4.66. The van der Waals surface area contributed by atoms with Gasteiger partial charge in [-0.25, -0.2) is 14.8 Å². The number of nitrogens with one attached hydrogen (secondary N) is 1. The van der Waals surface area contributed by atoms with Crippen molar-refractivity contribution >= 4 is 12.0 Å². The third kappa shape index (κ3) is 3.72. The molecule has 2 aliphatic heterocycles. The van der Waals surface area contributed by atoms with Gasteiger partial charge in [0, 0.05) is 46.1 Å². The standard InChI is InChI=1S/C16H25N5O2/c1-20(2)15(22)19-11-13-5-3-6-16(23-13)7-10-21(12-16)14-17-8-4-9-18-14/h4,8-9,13H,3,5-7,10-12H2,1-2H3,(H,19,22)/t13-,16-/m1/s1. The number of amides is 2. The predicted octanol–water partition coefficient (Wildman–Crippen LogP) is 1.27. The Labute approximate surface area is 137 Å². The highest BCUT2D eigenvalue weighted by molar-refractivity contribution is 5.73. The first-order valence-corrected chi connectivity index (χ1v) is 8.23. The molecule has 0 bridgehead atoms. The van der Waals surface area contributed by atoms with Crippen LogP contribution in [0.1, 0.15) is 25.7 Å². The molecule has 1 aromatic heterocycles. The molecular weight excluding hydrogens is 294 g/mol. The van der Waals surface area contributed by atoms with Gasteiger partial charge in [-0.05, 0) is 31.7 Å². The number of hydrogen-bond acceptors (Lipinski definition) is 5. The molecule has 23 heavy (non-hydrogen) atoms. The van der Waals surface area contributed by atoms with Gasteiger partial charge in [-0.2, -0.15) is 0 Å². The maximum Gasteiger partial charge on any atom is 0.316 e. The number of rotatable bonds is 3. The average molecular weight is 319 g/mol. The fraction of sp³-hybridized carbons (Fsp3) is 0.688. The van der Waals surface area contributed by atoms with Crippen LogP contribution in [-0.4, -0.2) is 66.3 Å². The molecule has 3 rings (SSSR count). The number of urea groups is 1. The molecule has 2 atom stereocenters. The van der Waals surface area contributed by atoms with Gasteiger partial charge in [0.05, 0.1) is 11.7 Å². The van der Waals surface area contributed by atoms with Gasteiger partial charge < -0.3 is 19.9 Å². The second kappa shape index (κ2) is 6.70. The van der Waals surface area contributed by atoms with Gasteiger partial charge in [-0.1, -0.05) is 0 Å². The van der Waals surface area contributed by atoms with E-state index in [0.29, 0.717) is 6.54 Å². The summed E-state index contributed by atoms with van der Waals surface area (Å²) in [5.74, 6) is 0.774. The zero-order valence-electron chi connectivity index (χ0n) is 13.9. The molecule has 1 N–H and O–H groups in total. The van der Waals surface area contributed by atoms with Crippen LogP contribution in [0, 0.1) is 0 Å². The summed E-state index contributed by atoms with van der Waals surface area (Å²) < 4.78 is 6.39. The van der Waals surface area contributed by atoms with E-state index < -0.39 is 0 Å². The van der Waals surface area contributed by atoms with Gasteiger partial charge in [-0.3, -0.25) is 0 Å². The molecule has 0 aliphatic carbocycles. The van der Waals surface area contributed by atoms with E-state index in [1.807, 2.05) is 6.07 Å². The zero-order valence-corrected chi connectivity index (χ0v) is 13.9. The minimum Gasteiger partial charge on any atom is -0.368 e. The Bertz CT molecular complexity index is 539. The monoisotopic (exact) mass is 319 g/mol. The number of hydrogen-bond donors (Lipinski definition) is 1. The van der Waals surface area contributed by atoms with E-state index in [0.717, 1.165) is 44.7 Å². The van der Waals surface area contributed by atoms with Crippen LogP contribution in [0.2, 0.25) is 0 Å². The van der Waals surface area contributed by atoms with Crippen molar-refractivity contribution in [2.75, 3.05) is 38.6 Å². The Morgan fingerprint density at radius 2 is 2.22 bits per heavy atom. The molecule has 3 heterocycles. The summed E-state index contributed by atoms with van der Waals surface area (Å²) in [7, 11) is 3.49. The average Bonchev–Trinajstić information content (AvgIpc) is 2.97. The summed E-state index contributed by atoms with van der Waals surface area (Å²) in [5, 5.41) is 2.92. The molecular formula is C16H25N5O2. The lowest BCUT2D eigenvalue weighted by molar-refractivity contribution is -0.113. The second-order valence-corrected chi connectivity index (χ2v) is 6.62. The Hall–Kier alpha value is -1.89. The zero-order chi connectivity index (χ0) is 16.3. The number of carbonyl (C=O) groups excluding carboxylic acids is 1. The molecule has 0 aromatic carbocycles. The summed E-state index contributed by atoms with van der Waals surface area (Å²) in [4.78, 5) is 24.1. The van der Waals surface area contributed by atoms with E-state index >= 15 is 0 Å². The number of nitrogens with zero attached hydrogens (tertiary/aromatic N) is 4. The first kappa shape index (κ1) is 16.0. The van der Waals surface area contributed by atoms with E-state index in [1.165, 1.54) is 0 Å². The SMILES string of the molecule is CN(C)C(=O)NC[C@H]1CCC[C@]2(CCN(c3ncccn3)C2)O1. The van der Waals surface area contributed by atoms with Gasteiger partial charge >= 0.3 is 6.03 Å². The van der Waals surface area contributed by atoms with Crippen molar-refractivity contribution in [3.63, 3.8) is 0 Å². The van der Waals surface area contributed by atoms with Crippen molar-refractivity contribution in [2.24, 2.45) is 0 Å². The minimum absolute atomic E-state index is 0.0704. The molecule has 2 amide bonds. The molecule has 0 saturated carbocycles. The second-order valence-electron chi connectivity index (χ2n) is 6.62. The van der Waals surface area contributed by atoms with Gasteiger partial charge in [-0.15, -0.1) is 0 Å². The van der Waals surface area contributed by atoms with Crippen LogP contribution in [0.5, 0.6) is 0 Å². The van der Waals surface area contributed by atoms with Gasteiger partial charge in [0.2, 0.25) is 5.95 Å². The van der Waals surface area contributed by atoms with Crippen LogP contribution >= 0.6 is 0 Å². The number of ether oxygens (including phenoxy) is 1.